The molecule has 0 fully saturated rings. The lowest BCUT2D eigenvalue weighted by Crippen LogP contribution is -2.38. The van der Waals surface area contributed by atoms with E-state index in [0.717, 1.165) is 16.7 Å². The van der Waals surface area contributed by atoms with Gasteiger partial charge in [-0.1, -0.05) is 18.2 Å². The van der Waals surface area contributed by atoms with Gasteiger partial charge in [-0.05, 0) is 49.1 Å². The van der Waals surface area contributed by atoms with E-state index in [0.29, 0.717) is 25.6 Å². The quantitative estimate of drug-likeness (QED) is 0.789. The number of carbonyl (C=O) groups excluding carboxylic acids is 1. The molecule has 6 nitrogen and oxygen atoms in total. The molecule has 1 amide bonds. The van der Waals surface area contributed by atoms with E-state index in [1.165, 1.54) is 5.56 Å². The van der Waals surface area contributed by atoms with E-state index in [1.807, 2.05) is 39.0 Å². The van der Waals surface area contributed by atoms with Crippen LogP contribution in [0.2, 0.25) is 0 Å². The van der Waals surface area contributed by atoms with Gasteiger partial charge in [0.05, 0.1) is 20.3 Å². The zero-order valence-corrected chi connectivity index (χ0v) is 17.2. The Balaban J connectivity index is 1.85. The topological polar surface area (TPSA) is 60.9 Å². The van der Waals surface area contributed by atoms with Crippen LogP contribution in [0, 0.1) is 0 Å². The average molecular weight is 384 g/mol. The van der Waals surface area contributed by atoms with Crippen LogP contribution in [0.1, 0.15) is 37.8 Å². The maximum atomic E-state index is 12.3. The van der Waals surface area contributed by atoms with Crippen LogP contribution in [-0.4, -0.2) is 48.9 Å². The van der Waals surface area contributed by atoms with Gasteiger partial charge in [-0.15, -0.1) is 0 Å². The highest BCUT2D eigenvalue weighted by atomic mass is 16.6. The zero-order chi connectivity index (χ0) is 20.3. The molecule has 0 unspecified atom stereocenters. The summed E-state index contributed by atoms with van der Waals surface area (Å²) in [5.74, 6) is 0.665. The highest BCUT2D eigenvalue weighted by Gasteiger charge is 2.27. The van der Waals surface area contributed by atoms with Crippen LogP contribution >= 0.6 is 0 Å². The number of nitrogens with zero attached hydrogens (tertiary/aromatic N) is 2. The minimum atomic E-state index is -0.514. The third kappa shape index (κ3) is 4.62. The van der Waals surface area contributed by atoms with Gasteiger partial charge in [0.15, 0.2) is 0 Å². The molecule has 1 aromatic carbocycles. The molecule has 0 aliphatic carbocycles. The van der Waals surface area contributed by atoms with Crippen molar-refractivity contribution in [2.24, 2.45) is 0 Å². The Morgan fingerprint density at radius 2 is 2.11 bits per heavy atom. The Kier molecular flexibility index (Phi) is 5.89. The molecule has 0 saturated carbocycles. The van der Waals surface area contributed by atoms with Gasteiger partial charge in [0, 0.05) is 31.8 Å². The molecule has 0 N–H and O–H groups in total. The van der Waals surface area contributed by atoms with Crippen LogP contribution < -0.4 is 4.74 Å². The number of rotatable bonds is 4. The summed E-state index contributed by atoms with van der Waals surface area (Å²) in [6, 6.07) is 10.1. The van der Waals surface area contributed by atoms with Gasteiger partial charge >= 0.3 is 6.09 Å². The van der Waals surface area contributed by atoms with Gasteiger partial charge in [-0.3, -0.25) is 0 Å². The Hall–Kier alpha value is -2.60. The number of pyridine rings is 1. The molecule has 2 heterocycles. The number of benzene rings is 1. The summed E-state index contributed by atoms with van der Waals surface area (Å²) in [5, 5.41) is 0. The van der Waals surface area contributed by atoms with Crippen molar-refractivity contribution >= 4 is 6.09 Å². The van der Waals surface area contributed by atoms with E-state index in [2.05, 4.69) is 17.1 Å². The predicted octanol–water partition coefficient (Wildman–Crippen LogP) is 4.24. The SMILES string of the molecule is COc1cc(-c2cccc3c2COC[C@H]3CN(C)C(=O)OC(C)(C)C)ccn1. The molecule has 6 heteroatoms. The number of carbonyl (C=O) groups is 1. The van der Waals surface area contributed by atoms with Crippen molar-refractivity contribution in [3.63, 3.8) is 0 Å². The van der Waals surface area contributed by atoms with E-state index < -0.39 is 5.60 Å². The summed E-state index contributed by atoms with van der Waals surface area (Å²) >= 11 is 0. The first-order valence-corrected chi connectivity index (χ1v) is 9.42. The van der Waals surface area contributed by atoms with E-state index >= 15 is 0 Å². The van der Waals surface area contributed by atoms with Gasteiger partial charge in [-0.2, -0.15) is 0 Å². The van der Waals surface area contributed by atoms with Crippen LogP contribution in [0.25, 0.3) is 11.1 Å². The lowest BCUT2D eigenvalue weighted by atomic mass is 9.87. The van der Waals surface area contributed by atoms with E-state index in [4.69, 9.17) is 14.2 Å². The van der Waals surface area contributed by atoms with Gasteiger partial charge in [0.2, 0.25) is 5.88 Å². The van der Waals surface area contributed by atoms with E-state index in [9.17, 15) is 4.79 Å². The molecule has 0 saturated heterocycles. The highest BCUT2D eigenvalue weighted by Crippen LogP contribution is 2.35. The van der Waals surface area contributed by atoms with Crippen molar-refractivity contribution in [2.75, 3.05) is 27.3 Å². The van der Waals surface area contributed by atoms with E-state index in [-0.39, 0.29) is 12.0 Å². The largest absolute Gasteiger partial charge is 0.481 e. The summed E-state index contributed by atoms with van der Waals surface area (Å²) < 4.78 is 16.6. The molecule has 3 rings (SSSR count). The van der Waals surface area contributed by atoms with Crippen molar-refractivity contribution in [2.45, 2.75) is 38.9 Å². The summed E-state index contributed by atoms with van der Waals surface area (Å²) in [5.41, 5.74) is 3.97. The second kappa shape index (κ2) is 8.19. The normalized spacial score (nSPS) is 16.2. The number of ether oxygens (including phenoxy) is 3. The fraction of sp³-hybridized carbons (Fsp3) is 0.455. The van der Waals surface area contributed by atoms with Crippen LogP contribution in [0.3, 0.4) is 0 Å². The second-order valence-corrected chi connectivity index (χ2v) is 8.03. The molecule has 0 bridgehead atoms. The maximum absolute atomic E-state index is 12.3. The minimum absolute atomic E-state index is 0.0879. The zero-order valence-electron chi connectivity index (χ0n) is 17.2. The number of methoxy groups -OCH3 is 1. The summed E-state index contributed by atoms with van der Waals surface area (Å²) in [7, 11) is 3.37. The van der Waals surface area contributed by atoms with Crippen molar-refractivity contribution in [3.8, 4) is 17.0 Å². The molecule has 2 aromatic rings. The van der Waals surface area contributed by atoms with Gasteiger partial charge in [-0.25, -0.2) is 9.78 Å². The van der Waals surface area contributed by atoms with Crippen LogP contribution in [0.5, 0.6) is 5.88 Å². The Morgan fingerprint density at radius 3 is 2.82 bits per heavy atom. The summed E-state index contributed by atoms with van der Waals surface area (Å²) in [6.45, 7) is 7.25. The van der Waals surface area contributed by atoms with E-state index in [1.54, 1.807) is 25.3 Å². The first-order valence-electron chi connectivity index (χ1n) is 9.42. The molecule has 1 atom stereocenters. The van der Waals surface area contributed by atoms with Crippen LogP contribution in [0.15, 0.2) is 36.5 Å². The van der Waals surface area contributed by atoms with Crippen LogP contribution in [-0.2, 0) is 16.1 Å². The first kappa shape index (κ1) is 20.1. The third-order valence-electron chi connectivity index (χ3n) is 4.67. The second-order valence-electron chi connectivity index (χ2n) is 8.03. The molecule has 1 aliphatic rings. The summed E-state index contributed by atoms with van der Waals surface area (Å²) in [4.78, 5) is 18.2. The fourth-order valence-corrected chi connectivity index (χ4v) is 3.40. The number of hydrogen-bond donors (Lipinski definition) is 0. The monoisotopic (exact) mass is 384 g/mol. The number of hydrogen-bond acceptors (Lipinski definition) is 5. The lowest BCUT2D eigenvalue weighted by molar-refractivity contribution is 0.0240. The Morgan fingerprint density at radius 1 is 1.32 bits per heavy atom. The standard InChI is InChI=1S/C22H28N2O4/c1-22(2,3)28-21(25)24(4)12-16-13-27-14-19-17(7-6-8-18(16)19)15-9-10-23-20(11-15)26-5/h6-11,16H,12-14H2,1-5H3/t16-/m1/s1. The first-order chi connectivity index (χ1) is 13.3. The van der Waals surface area contributed by atoms with Crippen LogP contribution in [0.4, 0.5) is 4.79 Å². The molecular formula is C22H28N2O4. The average Bonchev–Trinajstić information content (AvgIpc) is 2.66. The maximum Gasteiger partial charge on any atom is 0.410 e. The van der Waals surface area contributed by atoms with Gasteiger partial charge in [0.1, 0.15) is 5.60 Å². The molecule has 0 radical (unpaired) electrons. The predicted molar refractivity (Wildman–Crippen MR) is 107 cm³/mol. The number of likely N-dealkylation sites (N-methyl/N-ethyl adjacent to an activating group) is 1. The number of aromatic nitrogens is 1. The Labute approximate surface area is 166 Å². The van der Waals surface area contributed by atoms with Crippen molar-refractivity contribution in [1.82, 2.24) is 9.88 Å². The molecule has 1 aromatic heterocycles. The van der Waals surface area contributed by atoms with Crippen molar-refractivity contribution in [3.05, 3.63) is 47.7 Å². The van der Waals surface area contributed by atoms with Gasteiger partial charge in [0.25, 0.3) is 0 Å². The molecule has 28 heavy (non-hydrogen) atoms. The minimum Gasteiger partial charge on any atom is -0.481 e. The van der Waals surface area contributed by atoms with Crippen molar-refractivity contribution < 1.29 is 19.0 Å². The summed E-state index contributed by atoms with van der Waals surface area (Å²) in [6.07, 6.45) is 1.42. The fourth-order valence-electron chi connectivity index (χ4n) is 3.40. The smallest absolute Gasteiger partial charge is 0.410 e. The molecule has 1 aliphatic heterocycles. The molecular weight excluding hydrogens is 356 g/mol. The van der Waals surface area contributed by atoms with Gasteiger partial charge < -0.3 is 19.1 Å². The third-order valence-corrected chi connectivity index (χ3v) is 4.67. The van der Waals surface area contributed by atoms with Crippen molar-refractivity contribution in [1.29, 1.82) is 0 Å². The highest BCUT2D eigenvalue weighted by molar-refractivity contribution is 5.70. The molecule has 150 valence electrons. The lowest BCUT2D eigenvalue weighted by Gasteiger charge is -2.31. The number of fused-ring (bicyclic) bond motifs is 1. The Bertz CT molecular complexity index is 845. The number of amides is 1. The molecule has 0 spiro atoms.